The Balaban J connectivity index is 1.62. The van der Waals surface area contributed by atoms with Gasteiger partial charge in [-0.15, -0.1) is 0 Å². The van der Waals surface area contributed by atoms with E-state index in [-0.39, 0.29) is 12.5 Å². The van der Waals surface area contributed by atoms with Crippen LogP contribution in [0.5, 0.6) is 0 Å². The van der Waals surface area contributed by atoms with Gasteiger partial charge in [-0.2, -0.15) is 0 Å². The minimum Gasteiger partial charge on any atom is -0.350 e. The molecule has 1 aromatic heterocycles. The quantitative estimate of drug-likeness (QED) is 0.496. The second-order valence-electron chi connectivity index (χ2n) is 6.16. The summed E-state index contributed by atoms with van der Waals surface area (Å²) in [6.45, 7) is 0.0415. The van der Waals surface area contributed by atoms with Crippen LogP contribution in [0.4, 0.5) is 5.69 Å². The van der Waals surface area contributed by atoms with Gasteiger partial charge in [-0.1, -0.05) is 12.1 Å². The summed E-state index contributed by atoms with van der Waals surface area (Å²) in [5.41, 5.74) is 2.34. The Hall–Kier alpha value is -2.40. The van der Waals surface area contributed by atoms with Gasteiger partial charge in [-0.3, -0.25) is 9.10 Å². The first-order chi connectivity index (χ1) is 13.3. The van der Waals surface area contributed by atoms with Crippen molar-refractivity contribution in [3.8, 4) is 5.69 Å². The molecule has 28 heavy (non-hydrogen) atoms. The number of carbonyl (C=O) groups is 1. The van der Waals surface area contributed by atoms with E-state index in [1.54, 1.807) is 36.8 Å². The van der Waals surface area contributed by atoms with Crippen LogP contribution < -0.4 is 9.62 Å². The molecule has 2 aromatic carbocycles. The van der Waals surface area contributed by atoms with Gasteiger partial charge in [0.25, 0.3) is 0 Å². The Morgan fingerprint density at radius 1 is 1.14 bits per heavy atom. The molecule has 0 atom stereocenters. The fraction of sp³-hybridized carbons (Fsp3) is 0.158. The lowest BCUT2D eigenvalue weighted by atomic mass is 10.2. The number of benzene rings is 2. The smallest absolute Gasteiger partial charge is 0.241 e. The average molecular weight is 510 g/mol. The molecule has 7 nitrogen and oxygen atoms in total. The Morgan fingerprint density at radius 3 is 2.39 bits per heavy atom. The van der Waals surface area contributed by atoms with Crippen molar-refractivity contribution >= 4 is 44.2 Å². The number of halogens is 1. The molecule has 0 aliphatic heterocycles. The van der Waals surface area contributed by atoms with E-state index in [2.05, 4.69) is 32.9 Å². The number of hydrogen-bond acceptors (Lipinski definition) is 4. The molecule has 1 amide bonds. The van der Waals surface area contributed by atoms with E-state index in [0.29, 0.717) is 12.2 Å². The van der Waals surface area contributed by atoms with E-state index in [4.69, 9.17) is 0 Å². The van der Waals surface area contributed by atoms with Crippen molar-refractivity contribution in [2.75, 3.05) is 17.1 Å². The summed E-state index contributed by atoms with van der Waals surface area (Å²) < 4.78 is 28.2. The van der Waals surface area contributed by atoms with Gasteiger partial charge in [0.1, 0.15) is 6.54 Å². The molecule has 1 N–H and O–H groups in total. The molecule has 0 radical (unpaired) electrons. The molecular formula is C19H19IN4O3S. The summed E-state index contributed by atoms with van der Waals surface area (Å²) in [6, 6.07) is 14.6. The molecule has 0 spiro atoms. The minimum atomic E-state index is -3.58. The summed E-state index contributed by atoms with van der Waals surface area (Å²) in [5, 5.41) is 2.77. The number of anilines is 1. The zero-order valence-corrected chi connectivity index (χ0v) is 18.1. The third-order valence-electron chi connectivity index (χ3n) is 4.03. The summed E-state index contributed by atoms with van der Waals surface area (Å²) in [4.78, 5) is 16.3. The van der Waals surface area contributed by atoms with E-state index >= 15 is 0 Å². The second-order valence-corrected chi connectivity index (χ2v) is 9.31. The number of nitrogens with one attached hydrogen (secondary N) is 1. The van der Waals surface area contributed by atoms with Crippen molar-refractivity contribution < 1.29 is 13.2 Å². The fourth-order valence-electron chi connectivity index (χ4n) is 2.59. The fourth-order valence-corrected chi connectivity index (χ4v) is 3.81. The summed E-state index contributed by atoms with van der Waals surface area (Å²) in [5.74, 6) is -0.373. The van der Waals surface area contributed by atoms with Gasteiger partial charge in [0.2, 0.25) is 15.9 Å². The monoisotopic (exact) mass is 510 g/mol. The number of imidazole rings is 1. The lowest BCUT2D eigenvalue weighted by molar-refractivity contribution is -0.119. The number of aromatic nitrogens is 2. The molecule has 0 bridgehead atoms. The highest BCUT2D eigenvalue weighted by molar-refractivity contribution is 14.1. The summed E-state index contributed by atoms with van der Waals surface area (Å²) >= 11 is 2.14. The highest BCUT2D eigenvalue weighted by atomic mass is 127. The maximum atomic E-state index is 12.3. The maximum Gasteiger partial charge on any atom is 0.241 e. The van der Waals surface area contributed by atoms with Crippen LogP contribution >= 0.6 is 22.6 Å². The lowest BCUT2D eigenvalue weighted by Crippen LogP contribution is -2.40. The highest BCUT2D eigenvalue weighted by Crippen LogP contribution is 2.19. The third-order valence-corrected chi connectivity index (χ3v) is 5.89. The van der Waals surface area contributed by atoms with Crippen LogP contribution in [0, 0.1) is 3.57 Å². The van der Waals surface area contributed by atoms with E-state index in [0.717, 1.165) is 25.4 Å². The van der Waals surface area contributed by atoms with Crippen molar-refractivity contribution in [2.45, 2.75) is 6.54 Å². The highest BCUT2D eigenvalue weighted by Gasteiger charge is 2.20. The summed E-state index contributed by atoms with van der Waals surface area (Å²) in [6.07, 6.45) is 6.35. The van der Waals surface area contributed by atoms with Gasteiger partial charge in [0, 0.05) is 28.2 Å². The lowest BCUT2D eigenvalue weighted by Gasteiger charge is -2.22. The van der Waals surface area contributed by atoms with Gasteiger partial charge in [0.15, 0.2) is 0 Å². The first-order valence-electron chi connectivity index (χ1n) is 8.40. The van der Waals surface area contributed by atoms with Crippen LogP contribution in [0.25, 0.3) is 5.69 Å². The van der Waals surface area contributed by atoms with Gasteiger partial charge in [-0.05, 0) is 64.6 Å². The molecule has 0 saturated carbocycles. The largest absolute Gasteiger partial charge is 0.350 e. The molecule has 0 unspecified atom stereocenters. The SMILES string of the molecule is CS(=O)(=O)N(CC(=O)NCc1ccc(-n2ccnc2)cc1)c1ccc(I)cc1. The zero-order valence-electron chi connectivity index (χ0n) is 15.1. The normalized spacial score (nSPS) is 11.2. The maximum absolute atomic E-state index is 12.3. The van der Waals surface area contributed by atoms with Gasteiger partial charge < -0.3 is 9.88 Å². The molecule has 146 valence electrons. The predicted octanol–water partition coefficient (Wildman–Crippen LogP) is 2.56. The Morgan fingerprint density at radius 2 is 1.82 bits per heavy atom. The second kappa shape index (κ2) is 8.74. The van der Waals surface area contributed by atoms with Crippen LogP contribution in [-0.4, -0.2) is 36.7 Å². The molecule has 0 fully saturated rings. The number of sulfonamides is 1. The van der Waals surface area contributed by atoms with Gasteiger partial charge in [-0.25, -0.2) is 13.4 Å². The van der Waals surface area contributed by atoms with Crippen molar-refractivity contribution in [1.82, 2.24) is 14.9 Å². The number of hydrogen-bond donors (Lipinski definition) is 1. The molecule has 1 heterocycles. The van der Waals surface area contributed by atoms with Crippen LogP contribution in [-0.2, 0) is 21.4 Å². The molecule has 9 heteroatoms. The minimum absolute atomic E-state index is 0.271. The van der Waals surface area contributed by atoms with Crippen LogP contribution in [0.15, 0.2) is 67.3 Å². The van der Waals surface area contributed by atoms with Gasteiger partial charge in [0.05, 0.1) is 18.3 Å². The number of amides is 1. The topological polar surface area (TPSA) is 84.3 Å². The van der Waals surface area contributed by atoms with E-state index in [9.17, 15) is 13.2 Å². The molecular weight excluding hydrogens is 491 g/mol. The van der Waals surface area contributed by atoms with E-state index < -0.39 is 10.0 Å². The van der Waals surface area contributed by atoms with Crippen LogP contribution in [0.3, 0.4) is 0 Å². The van der Waals surface area contributed by atoms with Gasteiger partial charge >= 0.3 is 0 Å². The Kier molecular flexibility index (Phi) is 6.35. The Labute approximate surface area is 177 Å². The molecule has 3 rings (SSSR count). The van der Waals surface area contributed by atoms with Crippen molar-refractivity contribution in [1.29, 1.82) is 0 Å². The first-order valence-corrected chi connectivity index (χ1v) is 11.3. The average Bonchev–Trinajstić information content (AvgIpc) is 3.20. The first kappa shape index (κ1) is 20.3. The third kappa shape index (κ3) is 5.32. The molecule has 0 aliphatic carbocycles. The predicted molar refractivity (Wildman–Crippen MR) is 117 cm³/mol. The number of carbonyl (C=O) groups excluding carboxylic acids is 1. The van der Waals surface area contributed by atoms with Crippen molar-refractivity contribution in [3.63, 3.8) is 0 Å². The van der Waals surface area contributed by atoms with Crippen molar-refractivity contribution in [2.24, 2.45) is 0 Å². The summed E-state index contributed by atoms with van der Waals surface area (Å²) in [7, 11) is -3.58. The molecule has 0 saturated heterocycles. The molecule has 0 aliphatic rings. The molecule has 3 aromatic rings. The van der Waals surface area contributed by atoms with Crippen molar-refractivity contribution in [3.05, 3.63) is 76.4 Å². The van der Waals surface area contributed by atoms with Crippen LogP contribution in [0.2, 0.25) is 0 Å². The Bertz CT molecular complexity index is 1030. The van der Waals surface area contributed by atoms with E-state index in [1.165, 1.54) is 0 Å². The standard InChI is InChI=1S/C19H19IN4O3S/c1-28(26,27)24(18-8-4-16(20)5-9-18)13-19(25)22-12-15-2-6-17(7-3-15)23-11-10-21-14-23/h2-11,14H,12-13H2,1H3,(H,22,25). The van der Waals surface area contributed by atoms with E-state index in [1.807, 2.05) is 35.0 Å². The number of rotatable bonds is 7. The van der Waals surface area contributed by atoms with Crippen LogP contribution in [0.1, 0.15) is 5.56 Å². The number of nitrogens with zero attached hydrogens (tertiary/aromatic N) is 3. The zero-order chi connectivity index (χ0) is 20.1.